The summed E-state index contributed by atoms with van der Waals surface area (Å²) in [5, 5.41) is 3.20. The number of benzene rings is 3. The first-order valence-electron chi connectivity index (χ1n) is 12.1. The molecular formula is C29H25F6N3O2. The Balaban J connectivity index is 1.77. The van der Waals surface area contributed by atoms with E-state index >= 15 is 0 Å². The summed E-state index contributed by atoms with van der Waals surface area (Å²) in [6.07, 6.45) is -9.02. The molecule has 3 aromatic carbocycles. The Kier molecular flexibility index (Phi) is 8.22. The molecule has 1 atom stereocenters. The van der Waals surface area contributed by atoms with Gasteiger partial charge in [-0.05, 0) is 47.9 Å². The number of halogens is 6. The van der Waals surface area contributed by atoms with E-state index in [1.165, 1.54) is 31.4 Å². The third-order valence-corrected chi connectivity index (χ3v) is 6.44. The van der Waals surface area contributed by atoms with Crippen LogP contribution in [-0.2, 0) is 35.0 Å². The maximum atomic E-state index is 13.2. The lowest BCUT2D eigenvalue weighted by Crippen LogP contribution is -2.48. The summed E-state index contributed by atoms with van der Waals surface area (Å²) in [7, 11) is 1.24. The average Bonchev–Trinajstić information content (AvgIpc) is 2.92. The number of nitrogens with zero attached hydrogens (tertiary/aromatic N) is 2. The van der Waals surface area contributed by atoms with Crippen LogP contribution in [0.3, 0.4) is 0 Å². The number of carbonyl (C=O) groups is 1. The van der Waals surface area contributed by atoms with Crippen molar-refractivity contribution < 1.29 is 35.9 Å². The number of aliphatic imine (C=N–C) groups is 1. The maximum Gasteiger partial charge on any atom is 0.416 e. The molecule has 0 aliphatic carbocycles. The van der Waals surface area contributed by atoms with E-state index in [1.54, 1.807) is 42.2 Å². The average molecular weight is 562 g/mol. The van der Waals surface area contributed by atoms with E-state index in [1.807, 2.05) is 0 Å². The molecule has 5 nitrogen and oxygen atoms in total. The van der Waals surface area contributed by atoms with Crippen LogP contribution in [0, 0.1) is 0 Å². The van der Waals surface area contributed by atoms with Crippen LogP contribution in [0.25, 0.3) is 0 Å². The molecule has 0 radical (unpaired) electrons. The van der Waals surface area contributed by atoms with Gasteiger partial charge in [0.15, 0.2) is 5.96 Å². The number of ether oxygens (including phenoxy) is 1. The van der Waals surface area contributed by atoms with Gasteiger partial charge in [0.2, 0.25) is 0 Å². The SMILES string of the molecule is COC(=O)C1=C(C)N(Cc2ccc(C(F)(F)F)cc2)C(=NCc2cccc(C(F)(F)F)c2)NC1c1ccccc1. The van der Waals surface area contributed by atoms with E-state index in [2.05, 4.69) is 10.3 Å². The lowest BCUT2D eigenvalue weighted by Gasteiger charge is -2.38. The zero-order valence-corrected chi connectivity index (χ0v) is 21.5. The Hall–Kier alpha value is -4.28. The fourth-order valence-corrected chi connectivity index (χ4v) is 4.38. The molecule has 0 saturated heterocycles. The zero-order chi connectivity index (χ0) is 29.1. The lowest BCUT2D eigenvalue weighted by molar-refractivity contribution is -0.138. The van der Waals surface area contributed by atoms with Crippen LogP contribution in [0.1, 0.15) is 40.8 Å². The minimum Gasteiger partial charge on any atom is -0.466 e. The number of alkyl halides is 6. The number of rotatable bonds is 6. The molecule has 1 N–H and O–H groups in total. The Morgan fingerprint density at radius 3 is 2.12 bits per heavy atom. The van der Waals surface area contributed by atoms with E-state index in [4.69, 9.17) is 4.74 Å². The summed E-state index contributed by atoms with van der Waals surface area (Å²) in [4.78, 5) is 19.1. The second-order valence-corrected chi connectivity index (χ2v) is 9.10. The first-order chi connectivity index (χ1) is 18.9. The highest BCUT2D eigenvalue weighted by molar-refractivity contribution is 5.96. The Morgan fingerprint density at radius 1 is 0.875 bits per heavy atom. The molecular weight excluding hydrogens is 536 g/mol. The van der Waals surface area contributed by atoms with E-state index in [0.717, 1.165) is 24.3 Å². The first-order valence-corrected chi connectivity index (χ1v) is 12.1. The summed E-state index contributed by atoms with van der Waals surface area (Å²) in [6, 6.07) is 17.6. The lowest BCUT2D eigenvalue weighted by atomic mass is 9.94. The second kappa shape index (κ2) is 11.4. The van der Waals surface area contributed by atoms with Crippen molar-refractivity contribution in [2.75, 3.05) is 7.11 Å². The Morgan fingerprint density at radius 2 is 1.52 bits per heavy atom. The second-order valence-electron chi connectivity index (χ2n) is 9.10. The molecule has 0 saturated carbocycles. The molecule has 1 heterocycles. The van der Waals surface area contributed by atoms with E-state index in [9.17, 15) is 31.1 Å². The number of carbonyl (C=O) groups excluding carboxylic acids is 1. The van der Waals surface area contributed by atoms with Gasteiger partial charge in [-0.15, -0.1) is 0 Å². The molecule has 0 aromatic heterocycles. The van der Waals surface area contributed by atoms with Crippen molar-refractivity contribution >= 4 is 11.9 Å². The summed E-state index contributed by atoms with van der Waals surface area (Å²) in [6.45, 7) is 1.56. The summed E-state index contributed by atoms with van der Waals surface area (Å²) in [5.41, 5.74) is 0.579. The Labute approximate surface area is 226 Å². The van der Waals surface area contributed by atoms with Crippen LogP contribution in [0.2, 0.25) is 0 Å². The molecule has 0 bridgehead atoms. The van der Waals surface area contributed by atoms with Crippen LogP contribution in [-0.4, -0.2) is 23.9 Å². The number of hydrogen-bond acceptors (Lipinski definition) is 3. The molecule has 210 valence electrons. The van der Waals surface area contributed by atoms with E-state index < -0.39 is 35.5 Å². The van der Waals surface area contributed by atoms with Crippen LogP contribution < -0.4 is 5.32 Å². The monoisotopic (exact) mass is 561 g/mol. The predicted octanol–water partition coefficient (Wildman–Crippen LogP) is 6.87. The van der Waals surface area contributed by atoms with Gasteiger partial charge < -0.3 is 15.0 Å². The number of esters is 1. The van der Waals surface area contributed by atoms with Crippen molar-refractivity contribution in [1.29, 1.82) is 0 Å². The van der Waals surface area contributed by atoms with Crippen molar-refractivity contribution in [2.45, 2.75) is 38.4 Å². The van der Waals surface area contributed by atoms with Crippen molar-refractivity contribution in [3.63, 3.8) is 0 Å². The Bertz CT molecular complexity index is 1410. The molecule has 11 heteroatoms. The summed E-state index contributed by atoms with van der Waals surface area (Å²) >= 11 is 0. The zero-order valence-electron chi connectivity index (χ0n) is 21.5. The quantitative estimate of drug-likeness (QED) is 0.264. The number of methoxy groups -OCH3 is 1. The van der Waals surface area contributed by atoms with Crippen molar-refractivity contribution in [3.8, 4) is 0 Å². The third kappa shape index (κ3) is 6.47. The molecule has 4 rings (SSSR count). The predicted molar refractivity (Wildman–Crippen MR) is 137 cm³/mol. The van der Waals surface area contributed by atoms with Gasteiger partial charge in [-0.1, -0.05) is 54.6 Å². The number of guanidine groups is 1. The van der Waals surface area contributed by atoms with Gasteiger partial charge in [0.25, 0.3) is 0 Å². The van der Waals surface area contributed by atoms with Crippen molar-refractivity contribution in [3.05, 3.63) is 118 Å². The minimum absolute atomic E-state index is 0.0282. The van der Waals surface area contributed by atoms with Crippen LogP contribution in [0.4, 0.5) is 26.3 Å². The van der Waals surface area contributed by atoms with Gasteiger partial charge in [-0.25, -0.2) is 9.79 Å². The van der Waals surface area contributed by atoms with Gasteiger partial charge in [-0.3, -0.25) is 0 Å². The summed E-state index contributed by atoms with van der Waals surface area (Å²) < 4.78 is 84.0. The summed E-state index contributed by atoms with van der Waals surface area (Å²) in [5.74, 6) is -0.385. The molecule has 0 amide bonds. The topological polar surface area (TPSA) is 53.9 Å². The number of nitrogens with one attached hydrogen (secondary N) is 1. The smallest absolute Gasteiger partial charge is 0.416 e. The molecule has 0 fully saturated rings. The fourth-order valence-electron chi connectivity index (χ4n) is 4.38. The molecule has 1 unspecified atom stereocenters. The molecule has 1 aliphatic rings. The first kappa shape index (κ1) is 28.7. The van der Waals surface area contributed by atoms with Gasteiger partial charge in [0.05, 0.1) is 42.9 Å². The normalized spacial score (nSPS) is 17.1. The van der Waals surface area contributed by atoms with Crippen LogP contribution >= 0.6 is 0 Å². The highest BCUT2D eigenvalue weighted by atomic mass is 19.4. The van der Waals surface area contributed by atoms with Gasteiger partial charge >= 0.3 is 18.3 Å². The highest BCUT2D eigenvalue weighted by Gasteiger charge is 2.36. The molecule has 1 aliphatic heterocycles. The minimum atomic E-state index is -4.52. The van der Waals surface area contributed by atoms with Gasteiger partial charge in [0.1, 0.15) is 0 Å². The highest BCUT2D eigenvalue weighted by Crippen LogP contribution is 2.34. The third-order valence-electron chi connectivity index (χ3n) is 6.44. The number of hydrogen-bond donors (Lipinski definition) is 1. The largest absolute Gasteiger partial charge is 0.466 e. The van der Waals surface area contributed by atoms with Crippen molar-refractivity contribution in [1.82, 2.24) is 10.2 Å². The van der Waals surface area contributed by atoms with Gasteiger partial charge in [-0.2, -0.15) is 26.3 Å². The van der Waals surface area contributed by atoms with Crippen molar-refractivity contribution in [2.24, 2.45) is 4.99 Å². The molecule has 0 spiro atoms. The van der Waals surface area contributed by atoms with Crippen LogP contribution in [0.5, 0.6) is 0 Å². The standard InChI is InChI=1S/C29H25F6N3O2/c1-18-24(26(39)40-2)25(21-8-4-3-5-9-21)37-27(36-16-20-7-6-10-23(15-20)29(33,34)35)38(18)17-19-11-13-22(14-12-19)28(30,31)32/h3-15,25H,16-17H2,1-2H3,(H,36,37). The maximum absolute atomic E-state index is 13.2. The molecule has 3 aromatic rings. The van der Waals surface area contributed by atoms with E-state index in [0.29, 0.717) is 22.4 Å². The van der Waals surface area contributed by atoms with E-state index in [-0.39, 0.29) is 24.6 Å². The number of allylic oxidation sites excluding steroid dienone is 1. The van der Waals surface area contributed by atoms with Gasteiger partial charge in [0, 0.05) is 5.70 Å². The molecule has 40 heavy (non-hydrogen) atoms. The van der Waals surface area contributed by atoms with Crippen LogP contribution in [0.15, 0.2) is 95.1 Å². The fraction of sp³-hybridized carbons (Fsp3) is 0.241.